The summed E-state index contributed by atoms with van der Waals surface area (Å²) in [5.41, 5.74) is -1.84. The fourth-order valence-corrected chi connectivity index (χ4v) is 3.34. The minimum absolute atomic E-state index is 0.00723. The molecule has 1 amide bonds. The molecule has 0 bridgehead atoms. The maximum absolute atomic E-state index is 14.1. The predicted molar refractivity (Wildman–Crippen MR) is 109 cm³/mol. The number of oxazole rings is 1. The highest BCUT2D eigenvalue weighted by atomic mass is 32.2. The van der Waals surface area contributed by atoms with Gasteiger partial charge in [-0.15, -0.1) is 0 Å². The van der Waals surface area contributed by atoms with Crippen LogP contribution in [-0.4, -0.2) is 25.8 Å². The first-order chi connectivity index (χ1) is 15.7. The fourth-order valence-electron chi connectivity index (χ4n) is 2.78. The van der Waals surface area contributed by atoms with E-state index in [1.807, 2.05) is 0 Å². The Morgan fingerprint density at radius 2 is 1.79 bits per heavy atom. The fraction of sp³-hybridized carbons (Fsp3) is 0.200. The van der Waals surface area contributed by atoms with Crippen LogP contribution in [0.3, 0.4) is 0 Å². The second kappa shape index (κ2) is 9.29. The topological polar surface area (TPSA) is 111 Å². The molecule has 0 radical (unpaired) electrons. The Labute approximate surface area is 189 Å². The summed E-state index contributed by atoms with van der Waals surface area (Å²) in [5.74, 6) is -3.02. The number of ether oxygens (including phenoxy) is 1. The van der Waals surface area contributed by atoms with Crippen molar-refractivity contribution in [1.29, 1.82) is 0 Å². The third-order valence-electron chi connectivity index (χ3n) is 4.30. The lowest BCUT2D eigenvalue weighted by atomic mass is 10.1. The maximum atomic E-state index is 14.1. The summed E-state index contributed by atoms with van der Waals surface area (Å²) in [6.07, 6.45) is -4.06. The molecule has 2 N–H and O–H groups in total. The standard InChI is InChI=1S/C20H16F5N3O5S/c1-10(12-7-14(21)17(15(22)8-12)28-34(2,30)31)26-19(29)33-16-9-32-18(27-16)11-4-3-5-13(6-11)20(23,24)25/h3-10,28H,1-2H3,(H,26,29). The van der Waals surface area contributed by atoms with Gasteiger partial charge in [-0.25, -0.2) is 22.0 Å². The lowest BCUT2D eigenvalue weighted by Gasteiger charge is -2.15. The minimum atomic E-state index is -4.57. The average Bonchev–Trinajstić information content (AvgIpc) is 3.17. The number of carbonyl (C=O) groups is 1. The number of carbonyl (C=O) groups excluding carboxylic acids is 1. The van der Waals surface area contributed by atoms with Crippen molar-refractivity contribution >= 4 is 21.8 Å². The second-order valence-electron chi connectivity index (χ2n) is 7.06. The lowest BCUT2D eigenvalue weighted by Crippen LogP contribution is -2.29. The van der Waals surface area contributed by atoms with Crippen LogP contribution in [-0.2, 0) is 16.2 Å². The largest absolute Gasteiger partial charge is 0.440 e. The van der Waals surface area contributed by atoms with Crippen molar-refractivity contribution in [2.75, 3.05) is 11.0 Å². The molecule has 1 aromatic heterocycles. The van der Waals surface area contributed by atoms with E-state index in [1.165, 1.54) is 13.0 Å². The van der Waals surface area contributed by atoms with Crippen molar-refractivity contribution in [3.8, 4) is 17.3 Å². The second-order valence-corrected chi connectivity index (χ2v) is 8.81. The molecule has 0 saturated heterocycles. The van der Waals surface area contributed by atoms with Gasteiger partial charge in [0.2, 0.25) is 15.9 Å². The SMILES string of the molecule is CC(NC(=O)Oc1coc(-c2cccc(C(F)(F)F)c2)n1)c1cc(F)c(NS(C)(=O)=O)c(F)c1. The Balaban J connectivity index is 1.68. The van der Waals surface area contributed by atoms with E-state index in [-0.39, 0.29) is 22.9 Å². The molecule has 0 fully saturated rings. The average molecular weight is 505 g/mol. The van der Waals surface area contributed by atoms with Crippen molar-refractivity contribution in [2.24, 2.45) is 0 Å². The van der Waals surface area contributed by atoms with Crippen LogP contribution >= 0.6 is 0 Å². The Bertz CT molecular complexity index is 1300. The third kappa shape index (κ3) is 6.21. The van der Waals surface area contributed by atoms with E-state index in [9.17, 15) is 35.2 Å². The first-order valence-corrected chi connectivity index (χ1v) is 11.2. The van der Waals surface area contributed by atoms with Crippen molar-refractivity contribution in [3.05, 3.63) is 65.4 Å². The number of nitrogens with zero attached hydrogens (tertiary/aromatic N) is 1. The monoisotopic (exact) mass is 505 g/mol. The van der Waals surface area contributed by atoms with Crippen molar-refractivity contribution in [3.63, 3.8) is 0 Å². The Morgan fingerprint density at radius 1 is 1.15 bits per heavy atom. The van der Waals surface area contributed by atoms with E-state index in [1.54, 1.807) is 4.72 Å². The zero-order valence-corrected chi connectivity index (χ0v) is 18.2. The molecule has 0 aliphatic carbocycles. The number of halogens is 5. The molecular formula is C20H16F5N3O5S. The van der Waals surface area contributed by atoms with E-state index in [2.05, 4.69) is 10.3 Å². The highest BCUT2D eigenvalue weighted by Crippen LogP contribution is 2.32. The molecule has 34 heavy (non-hydrogen) atoms. The molecule has 0 aliphatic rings. The molecule has 0 saturated carbocycles. The maximum Gasteiger partial charge on any atom is 0.416 e. The van der Waals surface area contributed by atoms with Gasteiger partial charge >= 0.3 is 12.3 Å². The van der Waals surface area contributed by atoms with Gasteiger partial charge in [-0.1, -0.05) is 6.07 Å². The summed E-state index contributed by atoms with van der Waals surface area (Å²) < 4.78 is 101. The van der Waals surface area contributed by atoms with E-state index < -0.39 is 51.2 Å². The highest BCUT2D eigenvalue weighted by molar-refractivity contribution is 7.92. The molecule has 14 heteroatoms. The zero-order valence-electron chi connectivity index (χ0n) is 17.4. The molecule has 0 aliphatic heterocycles. The van der Waals surface area contributed by atoms with Crippen LogP contribution < -0.4 is 14.8 Å². The van der Waals surface area contributed by atoms with Crippen LogP contribution in [0.2, 0.25) is 0 Å². The van der Waals surface area contributed by atoms with Crippen molar-refractivity contribution in [1.82, 2.24) is 10.3 Å². The van der Waals surface area contributed by atoms with Crippen LogP contribution in [0.15, 0.2) is 47.1 Å². The molecule has 8 nitrogen and oxygen atoms in total. The predicted octanol–water partition coefficient (Wildman–Crippen LogP) is 4.86. The molecule has 182 valence electrons. The van der Waals surface area contributed by atoms with Crippen LogP contribution in [0, 0.1) is 11.6 Å². The molecule has 0 spiro atoms. The number of benzene rings is 2. The van der Waals surface area contributed by atoms with E-state index in [0.29, 0.717) is 0 Å². The number of amides is 1. The Morgan fingerprint density at radius 3 is 2.38 bits per heavy atom. The summed E-state index contributed by atoms with van der Waals surface area (Å²) in [6.45, 7) is 1.37. The molecule has 1 atom stereocenters. The molecular weight excluding hydrogens is 489 g/mol. The molecule has 1 heterocycles. The van der Waals surface area contributed by atoms with E-state index in [4.69, 9.17) is 9.15 Å². The summed E-state index contributed by atoms with van der Waals surface area (Å²) in [5, 5.41) is 2.28. The number of hydrogen-bond donors (Lipinski definition) is 2. The number of alkyl halides is 3. The highest BCUT2D eigenvalue weighted by Gasteiger charge is 2.31. The molecule has 3 rings (SSSR count). The lowest BCUT2D eigenvalue weighted by molar-refractivity contribution is -0.137. The Kier molecular flexibility index (Phi) is 6.82. The zero-order chi connectivity index (χ0) is 25.3. The van der Waals surface area contributed by atoms with E-state index >= 15 is 0 Å². The van der Waals surface area contributed by atoms with Gasteiger partial charge in [-0.3, -0.25) is 4.72 Å². The van der Waals surface area contributed by atoms with Gasteiger partial charge < -0.3 is 14.5 Å². The minimum Gasteiger partial charge on any atom is -0.440 e. The van der Waals surface area contributed by atoms with Gasteiger partial charge in [0.1, 0.15) is 5.69 Å². The van der Waals surface area contributed by atoms with E-state index in [0.717, 1.165) is 42.9 Å². The van der Waals surface area contributed by atoms with Gasteiger partial charge in [0, 0.05) is 5.56 Å². The van der Waals surface area contributed by atoms with Gasteiger partial charge in [-0.05, 0) is 42.8 Å². The molecule has 1 unspecified atom stereocenters. The van der Waals surface area contributed by atoms with Crippen LogP contribution in [0.25, 0.3) is 11.5 Å². The number of sulfonamides is 1. The number of aromatic nitrogens is 1. The summed E-state index contributed by atoms with van der Waals surface area (Å²) in [4.78, 5) is 15.9. The third-order valence-corrected chi connectivity index (χ3v) is 4.88. The quantitative estimate of drug-likeness (QED) is 0.463. The first-order valence-electron chi connectivity index (χ1n) is 9.31. The Hall–Kier alpha value is -3.68. The first kappa shape index (κ1) is 25.0. The number of nitrogens with one attached hydrogen (secondary N) is 2. The van der Waals surface area contributed by atoms with Crippen molar-refractivity contribution < 1.29 is 44.3 Å². The van der Waals surface area contributed by atoms with Crippen LogP contribution in [0.1, 0.15) is 24.1 Å². The van der Waals surface area contributed by atoms with Gasteiger partial charge in [0.15, 0.2) is 17.9 Å². The van der Waals surface area contributed by atoms with Gasteiger partial charge in [0.05, 0.1) is 17.9 Å². The normalized spacial score (nSPS) is 12.8. The number of anilines is 1. The number of rotatable bonds is 6. The van der Waals surface area contributed by atoms with Gasteiger partial charge in [-0.2, -0.15) is 18.2 Å². The number of hydrogen-bond acceptors (Lipinski definition) is 6. The smallest absolute Gasteiger partial charge is 0.416 e. The van der Waals surface area contributed by atoms with Crippen molar-refractivity contribution in [2.45, 2.75) is 19.1 Å². The van der Waals surface area contributed by atoms with Gasteiger partial charge in [0.25, 0.3) is 5.88 Å². The summed E-state index contributed by atoms with van der Waals surface area (Å²) >= 11 is 0. The summed E-state index contributed by atoms with van der Waals surface area (Å²) in [7, 11) is -3.93. The molecule has 3 aromatic rings. The van der Waals surface area contributed by atoms with Crippen LogP contribution in [0.4, 0.5) is 32.4 Å². The summed E-state index contributed by atoms with van der Waals surface area (Å²) in [6, 6.07) is 4.81. The molecule has 2 aromatic carbocycles. The van der Waals surface area contributed by atoms with Crippen LogP contribution in [0.5, 0.6) is 5.88 Å².